The lowest BCUT2D eigenvalue weighted by molar-refractivity contribution is -0.128. The summed E-state index contributed by atoms with van der Waals surface area (Å²) >= 11 is 5.93. The van der Waals surface area contributed by atoms with E-state index in [1.54, 1.807) is 0 Å². The molecule has 1 N–H and O–H groups in total. The molecule has 0 aliphatic carbocycles. The van der Waals surface area contributed by atoms with Crippen molar-refractivity contribution in [3.8, 4) is 0 Å². The highest BCUT2D eigenvalue weighted by Crippen LogP contribution is 2.25. The van der Waals surface area contributed by atoms with Gasteiger partial charge in [-0.2, -0.15) is 0 Å². The Bertz CT molecular complexity index is 500. The highest BCUT2D eigenvalue weighted by Gasteiger charge is 2.25. The second-order valence-corrected chi connectivity index (χ2v) is 6.65. The Labute approximate surface area is 136 Å². The highest BCUT2D eigenvalue weighted by atomic mass is 35.5. The number of ether oxygens (including phenoxy) is 1. The number of hydrogen-bond acceptors (Lipinski definition) is 3. The minimum atomic E-state index is 0.141. The molecule has 1 aromatic rings. The van der Waals surface area contributed by atoms with Gasteiger partial charge in [-0.25, -0.2) is 0 Å². The van der Waals surface area contributed by atoms with Crippen LogP contribution >= 0.6 is 11.6 Å². The topological polar surface area (TPSA) is 41.6 Å². The zero-order valence-corrected chi connectivity index (χ0v) is 13.5. The Morgan fingerprint density at radius 3 is 2.68 bits per heavy atom. The van der Waals surface area contributed by atoms with Crippen LogP contribution in [0.15, 0.2) is 24.3 Å². The maximum absolute atomic E-state index is 12.1. The third-order valence-corrected chi connectivity index (χ3v) is 4.89. The van der Waals surface area contributed by atoms with Crippen molar-refractivity contribution in [1.82, 2.24) is 5.32 Å². The molecule has 0 aromatic heterocycles. The summed E-state index contributed by atoms with van der Waals surface area (Å²) in [5.74, 6) is 0.871. The van der Waals surface area contributed by atoms with E-state index in [1.165, 1.54) is 5.69 Å². The highest BCUT2D eigenvalue weighted by molar-refractivity contribution is 6.30. The summed E-state index contributed by atoms with van der Waals surface area (Å²) in [6, 6.07) is 7.98. The van der Waals surface area contributed by atoms with Crippen LogP contribution < -0.4 is 10.2 Å². The molecule has 2 fully saturated rings. The van der Waals surface area contributed by atoms with Gasteiger partial charge in [-0.1, -0.05) is 11.6 Å². The van der Waals surface area contributed by atoms with E-state index in [4.69, 9.17) is 16.3 Å². The lowest BCUT2D eigenvalue weighted by Crippen LogP contribution is -2.37. The molecule has 1 amide bonds. The van der Waals surface area contributed by atoms with E-state index in [0.29, 0.717) is 19.1 Å². The third kappa shape index (κ3) is 3.93. The number of rotatable bonds is 4. The van der Waals surface area contributed by atoms with E-state index in [-0.39, 0.29) is 11.8 Å². The molecule has 0 saturated carbocycles. The van der Waals surface area contributed by atoms with Gasteiger partial charge >= 0.3 is 0 Å². The minimum absolute atomic E-state index is 0.141. The maximum Gasteiger partial charge on any atom is 0.223 e. The number of halogens is 1. The molecule has 5 heteroatoms. The lowest BCUT2D eigenvalue weighted by atomic mass is 9.99. The van der Waals surface area contributed by atoms with Crippen LogP contribution in [0.5, 0.6) is 0 Å². The number of carbonyl (C=O) groups excluding carboxylic acids is 1. The second-order valence-electron chi connectivity index (χ2n) is 6.21. The number of nitrogens with zero attached hydrogens (tertiary/aromatic N) is 1. The largest absolute Gasteiger partial charge is 0.381 e. The summed E-state index contributed by atoms with van der Waals surface area (Å²) in [5, 5.41) is 3.90. The molecule has 1 atom stereocenters. The maximum atomic E-state index is 12.1. The van der Waals surface area contributed by atoms with Gasteiger partial charge in [-0.3, -0.25) is 4.79 Å². The first-order valence-corrected chi connectivity index (χ1v) is 8.46. The molecule has 3 rings (SSSR count). The summed E-state index contributed by atoms with van der Waals surface area (Å²) in [6.07, 6.45) is 2.83. The number of benzene rings is 1. The molecule has 0 spiro atoms. The SMILES string of the molecule is O=C(NCC1CCN(c2ccc(Cl)cc2)C1)C1CCOCC1. The van der Waals surface area contributed by atoms with E-state index in [9.17, 15) is 4.79 Å². The molecule has 2 heterocycles. The molecule has 0 bridgehead atoms. The fraction of sp³-hybridized carbons (Fsp3) is 0.588. The minimum Gasteiger partial charge on any atom is -0.381 e. The Kier molecular flexibility index (Phi) is 5.21. The van der Waals surface area contributed by atoms with E-state index >= 15 is 0 Å². The van der Waals surface area contributed by atoms with Crippen LogP contribution in [-0.4, -0.2) is 38.8 Å². The first kappa shape index (κ1) is 15.6. The standard InChI is InChI=1S/C17H23ClN2O2/c18-15-1-3-16(4-2-15)20-8-5-13(12-20)11-19-17(21)14-6-9-22-10-7-14/h1-4,13-14H,5-12H2,(H,19,21). The molecule has 2 aliphatic heterocycles. The van der Waals surface area contributed by atoms with Gasteiger partial charge in [-0.05, 0) is 49.4 Å². The second kappa shape index (κ2) is 7.34. The van der Waals surface area contributed by atoms with Crippen molar-refractivity contribution in [2.75, 3.05) is 37.7 Å². The Hall–Kier alpha value is -1.26. The van der Waals surface area contributed by atoms with Crippen LogP contribution in [0, 0.1) is 11.8 Å². The molecule has 2 aliphatic rings. The summed E-state index contributed by atoms with van der Waals surface area (Å²) in [4.78, 5) is 14.5. The zero-order chi connectivity index (χ0) is 15.4. The zero-order valence-electron chi connectivity index (χ0n) is 12.8. The molecule has 2 saturated heterocycles. The first-order valence-electron chi connectivity index (χ1n) is 8.08. The van der Waals surface area contributed by atoms with Crippen LogP contribution in [0.25, 0.3) is 0 Å². The molecular weight excluding hydrogens is 300 g/mol. The van der Waals surface area contributed by atoms with Gasteiger partial charge < -0.3 is 15.0 Å². The summed E-state index contributed by atoms with van der Waals surface area (Å²) < 4.78 is 5.30. The van der Waals surface area contributed by atoms with Crippen molar-refractivity contribution in [2.45, 2.75) is 19.3 Å². The third-order valence-electron chi connectivity index (χ3n) is 4.63. The van der Waals surface area contributed by atoms with Crippen LogP contribution in [0.4, 0.5) is 5.69 Å². The van der Waals surface area contributed by atoms with E-state index in [0.717, 1.165) is 43.9 Å². The van der Waals surface area contributed by atoms with Crippen LogP contribution in [0.2, 0.25) is 5.02 Å². The van der Waals surface area contributed by atoms with Gasteiger partial charge in [0.15, 0.2) is 0 Å². The Morgan fingerprint density at radius 1 is 1.23 bits per heavy atom. The van der Waals surface area contributed by atoms with Crippen molar-refractivity contribution in [3.63, 3.8) is 0 Å². The van der Waals surface area contributed by atoms with Crippen molar-refractivity contribution < 1.29 is 9.53 Å². The van der Waals surface area contributed by atoms with Crippen LogP contribution in [0.1, 0.15) is 19.3 Å². The molecule has 1 aromatic carbocycles. The molecule has 120 valence electrons. The lowest BCUT2D eigenvalue weighted by Gasteiger charge is -2.22. The number of nitrogens with one attached hydrogen (secondary N) is 1. The predicted octanol–water partition coefficient (Wildman–Crippen LogP) is 2.71. The Balaban J connectivity index is 1.44. The summed E-state index contributed by atoms with van der Waals surface area (Å²) in [6.45, 7) is 4.24. The van der Waals surface area contributed by atoms with E-state index in [1.807, 2.05) is 12.1 Å². The van der Waals surface area contributed by atoms with Gasteiger partial charge in [0.1, 0.15) is 0 Å². The van der Waals surface area contributed by atoms with Crippen molar-refractivity contribution in [2.24, 2.45) is 11.8 Å². The summed E-state index contributed by atoms with van der Waals surface area (Å²) in [7, 11) is 0. The van der Waals surface area contributed by atoms with Gasteiger partial charge in [0.05, 0.1) is 0 Å². The van der Waals surface area contributed by atoms with Gasteiger partial charge in [-0.15, -0.1) is 0 Å². The van der Waals surface area contributed by atoms with E-state index < -0.39 is 0 Å². The first-order chi connectivity index (χ1) is 10.7. The van der Waals surface area contributed by atoms with Crippen LogP contribution in [-0.2, 0) is 9.53 Å². The number of amides is 1. The summed E-state index contributed by atoms with van der Waals surface area (Å²) in [5.41, 5.74) is 1.21. The monoisotopic (exact) mass is 322 g/mol. The van der Waals surface area contributed by atoms with Crippen molar-refractivity contribution in [3.05, 3.63) is 29.3 Å². The molecule has 0 radical (unpaired) electrons. The van der Waals surface area contributed by atoms with Gasteiger partial charge in [0, 0.05) is 49.5 Å². The normalized spacial score (nSPS) is 22.8. The van der Waals surface area contributed by atoms with Crippen molar-refractivity contribution >= 4 is 23.2 Å². The van der Waals surface area contributed by atoms with Gasteiger partial charge in [0.25, 0.3) is 0 Å². The molecular formula is C17H23ClN2O2. The van der Waals surface area contributed by atoms with E-state index in [2.05, 4.69) is 22.3 Å². The number of carbonyl (C=O) groups is 1. The molecule has 22 heavy (non-hydrogen) atoms. The quantitative estimate of drug-likeness (QED) is 0.926. The molecule has 4 nitrogen and oxygen atoms in total. The van der Waals surface area contributed by atoms with Crippen LogP contribution in [0.3, 0.4) is 0 Å². The van der Waals surface area contributed by atoms with Gasteiger partial charge in [0.2, 0.25) is 5.91 Å². The molecule has 1 unspecified atom stereocenters. The fourth-order valence-electron chi connectivity index (χ4n) is 3.23. The number of hydrogen-bond donors (Lipinski definition) is 1. The smallest absolute Gasteiger partial charge is 0.223 e. The van der Waals surface area contributed by atoms with Crippen molar-refractivity contribution in [1.29, 1.82) is 0 Å². The Morgan fingerprint density at radius 2 is 1.95 bits per heavy atom. The number of anilines is 1. The fourth-order valence-corrected chi connectivity index (χ4v) is 3.36. The predicted molar refractivity (Wildman–Crippen MR) is 88.3 cm³/mol. The average Bonchev–Trinajstić information content (AvgIpc) is 3.03. The average molecular weight is 323 g/mol.